The molecule has 0 aromatic heterocycles. The van der Waals surface area contributed by atoms with Crippen molar-refractivity contribution in [2.24, 2.45) is 5.92 Å². The molecule has 1 saturated heterocycles. The maximum absolute atomic E-state index is 5.53. The number of benzene rings is 1. The summed E-state index contributed by atoms with van der Waals surface area (Å²) in [7, 11) is 5.04. The van der Waals surface area contributed by atoms with Gasteiger partial charge in [0, 0.05) is 5.56 Å². The summed E-state index contributed by atoms with van der Waals surface area (Å²) in [4.78, 5) is 0. The minimum absolute atomic E-state index is 0.628. The van der Waals surface area contributed by atoms with Crippen molar-refractivity contribution >= 4 is 0 Å². The lowest BCUT2D eigenvalue weighted by Gasteiger charge is -2.25. The monoisotopic (exact) mass is 265 g/mol. The molecular weight excluding hydrogens is 242 g/mol. The fraction of sp³-hybridized carbons (Fsp3) is 0.600. The summed E-state index contributed by atoms with van der Waals surface area (Å²) in [6.45, 7) is 2.19. The van der Waals surface area contributed by atoms with Crippen LogP contribution in [0.2, 0.25) is 0 Å². The molecule has 0 amide bonds. The van der Waals surface area contributed by atoms with Gasteiger partial charge in [0.05, 0.1) is 21.3 Å². The highest BCUT2D eigenvalue weighted by atomic mass is 16.5. The third-order valence-corrected chi connectivity index (χ3v) is 3.72. The van der Waals surface area contributed by atoms with Gasteiger partial charge < -0.3 is 19.5 Å². The van der Waals surface area contributed by atoms with Gasteiger partial charge in [-0.15, -0.1) is 0 Å². The molecule has 0 saturated carbocycles. The van der Waals surface area contributed by atoms with E-state index in [0.29, 0.717) is 5.92 Å². The second kappa shape index (κ2) is 6.66. The van der Waals surface area contributed by atoms with E-state index in [9.17, 15) is 0 Å². The molecule has 4 heteroatoms. The van der Waals surface area contributed by atoms with E-state index in [2.05, 4.69) is 5.32 Å². The van der Waals surface area contributed by atoms with Crippen LogP contribution in [0.3, 0.4) is 0 Å². The average molecular weight is 265 g/mol. The Morgan fingerprint density at radius 2 is 1.84 bits per heavy atom. The molecule has 0 bridgehead atoms. The van der Waals surface area contributed by atoms with E-state index in [-0.39, 0.29) is 0 Å². The molecule has 1 atom stereocenters. The first kappa shape index (κ1) is 14.0. The molecule has 1 aliphatic heterocycles. The van der Waals surface area contributed by atoms with Crippen molar-refractivity contribution < 1.29 is 14.2 Å². The van der Waals surface area contributed by atoms with Crippen molar-refractivity contribution in [2.75, 3.05) is 34.4 Å². The Balaban J connectivity index is 2.28. The molecule has 1 heterocycles. The minimum Gasteiger partial charge on any atom is -0.496 e. The van der Waals surface area contributed by atoms with E-state index in [1.54, 1.807) is 21.3 Å². The largest absolute Gasteiger partial charge is 0.496 e. The molecule has 1 aromatic carbocycles. The maximum Gasteiger partial charge on any atom is 0.167 e. The van der Waals surface area contributed by atoms with Crippen LogP contribution in [-0.4, -0.2) is 34.4 Å². The van der Waals surface area contributed by atoms with Crippen LogP contribution < -0.4 is 19.5 Å². The topological polar surface area (TPSA) is 39.7 Å². The predicted molar refractivity (Wildman–Crippen MR) is 75.4 cm³/mol. The molecule has 1 aromatic rings. The number of rotatable bonds is 5. The van der Waals surface area contributed by atoms with Gasteiger partial charge in [0.25, 0.3) is 0 Å². The lowest BCUT2D eigenvalue weighted by Crippen LogP contribution is -2.31. The Bertz CT molecular complexity index is 414. The van der Waals surface area contributed by atoms with E-state index >= 15 is 0 Å². The average Bonchev–Trinajstić information content (AvgIpc) is 2.47. The van der Waals surface area contributed by atoms with Crippen LogP contribution in [0.1, 0.15) is 18.4 Å². The number of piperidine rings is 1. The van der Waals surface area contributed by atoms with E-state index in [0.717, 1.165) is 42.3 Å². The van der Waals surface area contributed by atoms with Gasteiger partial charge in [0.15, 0.2) is 11.5 Å². The van der Waals surface area contributed by atoms with Crippen molar-refractivity contribution in [3.05, 3.63) is 17.7 Å². The highest BCUT2D eigenvalue weighted by molar-refractivity contribution is 5.54. The summed E-state index contributed by atoms with van der Waals surface area (Å²) in [6.07, 6.45) is 3.44. The highest BCUT2D eigenvalue weighted by Gasteiger charge is 2.21. The van der Waals surface area contributed by atoms with E-state index < -0.39 is 0 Å². The van der Waals surface area contributed by atoms with Crippen molar-refractivity contribution in [3.8, 4) is 17.2 Å². The molecule has 1 fully saturated rings. The molecule has 0 aliphatic carbocycles. The van der Waals surface area contributed by atoms with Gasteiger partial charge in [-0.1, -0.05) is 0 Å². The molecular formula is C15H23NO3. The van der Waals surface area contributed by atoms with Gasteiger partial charge >= 0.3 is 0 Å². The quantitative estimate of drug-likeness (QED) is 0.886. The van der Waals surface area contributed by atoms with Gasteiger partial charge in [-0.05, 0) is 50.4 Å². The Kier molecular flexibility index (Phi) is 4.91. The first-order chi connectivity index (χ1) is 9.30. The van der Waals surface area contributed by atoms with Crippen molar-refractivity contribution in [3.63, 3.8) is 0 Å². The molecule has 0 radical (unpaired) electrons. The van der Waals surface area contributed by atoms with Crippen LogP contribution >= 0.6 is 0 Å². The minimum atomic E-state index is 0.628. The van der Waals surface area contributed by atoms with Gasteiger partial charge in [-0.25, -0.2) is 0 Å². The SMILES string of the molecule is COc1ccc(OC)c(OC)c1CC1CCCNC1. The summed E-state index contributed by atoms with van der Waals surface area (Å²) in [5, 5.41) is 3.45. The van der Waals surface area contributed by atoms with E-state index in [4.69, 9.17) is 14.2 Å². The Labute approximate surface area is 115 Å². The van der Waals surface area contributed by atoms with Crippen molar-refractivity contribution in [2.45, 2.75) is 19.3 Å². The van der Waals surface area contributed by atoms with E-state index in [1.807, 2.05) is 12.1 Å². The Morgan fingerprint density at radius 3 is 2.42 bits per heavy atom. The fourth-order valence-corrected chi connectivity index (χ4v) is 2.74. The normalized spacial score (nSPS) is 19.0. The highest BCUT2D eigenvalue weighted by Crippen LogP contribution is 2.39. The summed E-state index contributed by atoms with van der Waals surface area (Å²) < 4.78 is 16.4. The molecule has 1 unspecified atom stereocenters. The third kappa shape index (κ3) is 3.13. The Hall–Kier alpha value is -1.42. The Morgan fingerprint density at radius 1 is 1.11 bits per heavy atom. The number of hydrogen-bond acceptors (Lipinski definition) is 4. The predicted octanol–water partition coefficient (Wildman–Crippen LogP) is 2.25. The first-order valence-electron chi connectivity index (χ1n) is 6.78. The summed E-state index contributed by atoms with van der Waals surface area (Å²) in [5.74, 6) is 3.07. The lowest BCUT2D eigenvalue weighted by atomic mass is 9.91. The second-order valence-corrected chi connectivity index (χ2v) is 4.90. The molecule has 1 aliphatic rings. The van der Waals surface area contributed by atoms with Gasteiger partial charge in [-0.3, -0.25) is 0 Å². The first-order valence-corrected chi connectivity index (χ1v) is 6.78. The smallest absolute Gasteiger partial charge is 0.167 e. The zero-order valence-electron chi connectivity index (χ0n) is 12.0. The van der Waals surface area contributed by atoms with Gasteiger partial charge in [0.2, 0.25) is 0 Å². The number of hydrogen-bond donors (Lipinski definition) is 1. The second-order valence-electron chi connectivity index (χ2n) is 4.90. The van der Waals surface area contributed by atoms with Crippen LogP contribution in [0, 0.1) is 5.92 Å². The maximum atomic E-state index is 5.53. The van der Waals surface area contributed by atoms with Crippen LogP contribution in [0.4, 0.5) is 0 Å². The fourth-order valence-electron chi connectivity index (χ4n) is 2.74. The number of methoxy groups -OCH3 is 3. The number of nitrogens with one attached hydrogen (secondary N) is 1. The molecule has 0 spiro atoms. The van der Waals surface area contributed by atoms with Crippen LogP contribution in [0.5, 0.6) is 17.2 Å². The van der Waals surface area contributed by atoms with Crippen LogP contribution in [-0.2, 0) is 6.42 Å². The van der Waals surface area contributed by atoms with Gasteiger partial charge in [-0.2, -0.15) is 0 Å². The summed E-state index contributed by atoms with van der Waals surface area (Å²) in [6, 6.07) is 3.84. The van der Waals surface area contributed by atoms with Gasteiger partial charge in [0.1, 0.15) is 5.75 Å². The van der Waals surface area contributed by atoms with Crippen molar-refractivity contribution in [1.29, 1.82) is 0 Å². The zero-order chi connectivity index (χ0) is 13.7. The molecule has 1 N–H and O–H groups in total. The molecule has 2 rings (SSSR count). The molecule has 19 heavy (non-hydrogen) atoms. The standard InChI is InChI=1S/C15H23NO3/c1-17-13-6-7-14(18-2)15(19-3)12(13)9-11-5-4-8-16-10-11/h6-7,11,16H,4-5,8-10H2,1-3H3. The van der Waals surface area contributed by atoms with Crippen LogP contribution in [0.25, 0.3) is 0 Å². The number of ether oxygens (including phenoxy) is 3. The molecule has 106 valence electrons. The van der Waals surface area contributed by atoms with E-state index in [1.165, 1.54) is 12.8 Å². The molecule has 4 nitrogen and oxygen atoms in total. The lowest BCUT2D eigenvalue weighted by molar-refractivity contribution is 0.329. The zero-order valence-corrected chi connectivity index (χ0v) is 12.0. The summed E-state index contributed by atoms with van der Waals surface area (Å²) >= 11 is 0. The van der Waals surface area contributed by atoms with Crippen LogP contribution in [0.15, 0.2) is 12.1 Å². The summed E-state index contributed by atoms with van der Waals surface area (Å²) in [5.41, 5.74) is 1.11. The van der Waals surface area contributed by atoms with Crippen molar-refractivity contribution in [1.82, 2.24) is 5.32 Å². The third-order valence-electron chi connectivity index (χ3n) is 3.72.